The van der Waals surface area contributed by atoms with Crippen molar-refractivity contribution in [2.75, 3.05) is 13.6 Å². The standard InChI is InChI=1S/C51H70N10O13/c1-28(25-29(2)41(63)26-34-11-8-7-9-12-34)14-20-36-30(3)44(66)59-39(49(71)72)22-23-43(65)61(6)32(5)46(68)55-31(4)45(67)58-38(21-17-33-15-18-35(62)19-16-33)48(70)60-40(50(73)74)27-42(64)56-37(47(69)57-36)13-10-24-54-51(52)53/h7-9,11-12,14-16,18-20,25,29-31,36-41,62-63H,5,10,13,17,21-24,26-27H2,1-4,6H3,(H,55,68)(H,56,64)(H,57,69)(H,58,67)(H,59,66)(H,60,70)(H,71,72)(H,73,74)(H4,52,53,54)/b20-14+,28-25+/t29-,30-,31+,36-,37-,38-,39+,40+,41-/m0/s1. The molecule has 0 unspecified atom stereocenters. The number of allylic oxidation sites excluding steroid dienone is 2. The van der Waals surface area contributed by atoms with Gasteiger partial charge in [0.15, 0.2) is 5.96 Å². The lowest BCUT2D eigenvalue weighted by atomic mass is 9.94. The van der Waals surface area contributed by atoms with E-state index in [4.69, 9.17) is 11.5 Å². The maximum Gasteiger partial charge on any atom is 0.326 e. The van der Waals surface area contributed by atoms with E-state index in [1.54, 1.807) is 31.2 Å². The summed E-state index contributed by atoms with van der Waals surface area (Å²) in [5.74, 6) is -11.6. The summed E-state index contributed by atoms with van der Waals surface area (Å²) in [5, 5.41) is 55.9. The number of phenolic OH excluding ortho intramolecular Hbond substituents is 1. The first-order chi connectivity index (χ1) is 34.9. The van der Waals surface area contributed by atoms with Gasteiger partial charge in [0.05, 0.1) is 24.5 Å². The van der Waals surface area contributed by atoms with Crippen molar-refractivity contribution in [1.29, 1.82) is 0 Å². The zero-order valence-electron chi connectivity index (χ0n) is 42.2. The third kappa shape index (κ3) is 20.2. The number of amides is 7. The number of benzene rings is 2. The Morgan fingerprint density at radius 2 is 1.42 bits per heavy atom. The van der Waals surface area contributed by atoms with Crippen LogP contribution in [0.2, 0.25) is 0 Å². The van der Waals surface area contributed by atoms with Crippen LogP contribution in [-0.2, 0) is 56.0 Å². The van der Waals surface area contributed by atoms with Crippen LogP contribution in [0.5, 0.6) is 5.75 Å². The zero-order valence-corrected chi connectivity index (χ0v) is 42.2. The molecule has 402 valence electrons. The second-order valence-electron chi connectivity index (χ2n) is 18.2. The van der Waals surface area contributed by atoms with Gasteiger partial charge in [0.1, 0.15) is 41.7 Å². The van der Waals surface area contributed by atoms with E-state index in [1.165, 1.54) is 39.1 Å². The highest BCUT2D eigenvalue weighted by molar-refractivity contribution is 6.00. The molecule has 0 spiro atoms. The minimum atomic E-state index is -1.92. The van der Waals surface area contributed by atoms with Crippen molar-refractivity contribution >= 4 is 59.2 Å². The Morgan fingerprint density at radius 1 is 0.811 bits per heavy atom. The highest BCUT2D eigenvalue weighted by Gasteiger charge is 2.34. The molecular formula is C51H70N10O13. The third-order valence-electron chi connectivity index (χ3n) is 12.2. The number of hydrogen-bond donors (Lipinski definition) is 12. The van der Waals surface area contributed by atoms with Crippen LogP contribution in [0.1, 0.15) is 77.3 Å². The number of nitrogens with zero attached hydrogens (tertiary/aromatic N) is 2. The molecule has 1 saturated heterocycles. The van der Waals surface area contributed by atoms with Crippen LogP contribution in [-0.4, -0.2) is 141 Å². The van der Waals surface area contributed by atoms with E-state index < -0.39 is 127 Å². The molecule has 23 heteroatoms. The van der Waals surface area contributed by atoms with Gasteiger partial charge in [-0.15, -0.1) is 0 Å². The predicted molar refractivity (Wildman–Crippen MR) is 272 cm³/mol. The number of aryl methyl sites for hydroxylation is 1. The average molecular weight is 1030 g/mol. The Kier molecular flexibility index (Phi) is 24.0. The maximum absolute atomic E-state index is 14.3. The number of phenols is 1. The molecule has 0 radical (unpaired) electrons. The molecule has 0 bridgehead atoms. The Hall–Kier alpha value is -8.08. The lowest BCUT2D eigenvalue weighted by Crippen LogP contribution is -2.56. The molecule has 0 aromatic heterocycles. The van der Waals surface area contributed by atoms with Crippen LogP contribution in [0.25, 0.3) is 0 Å². The number of aliphatic imine (C=N–C) groups is 1. The molecule has 1 aliphatic heterocycles. The minimum Gasteiger partial charge on any atom is -0.508 e. The molecule has 1 fully saturated rings. The summed E-state index contributed by atoms with van der Waals surface area (Å²) in [6.07, 6.45) is 2.44. The van der Waals surface area contributed by atoms with E-state index in [9.17, 15) is 63.6 Å². The number of aliphatic hydroxyl groups is 1. The normalized spacial score (nSPS) is 23.6. The molecular weight excluding hydrogens is 961 g/mol. The number of carbonyl (C=O) groups excluding carboxylic acids is 7. The van der Waals surface area contributed by atoms with E-state index in [-0.39, 0.29) is 49.9 Å². The number of guanidine groups is 1. The van der Waals surface area contributed by atoms with Crippen LogP contribution in [0.4, 0.5) is 0 Å². The van der Waals surface area contributed by atoms with Crippen LogP contribution in [0.3, 0.4) is 0 Å². The molecule has 1 aliphatic rings. The Balaban J connectivity index is 2.09. The third-order valence-corrected chi connectivity index (χ3v) is 12.2. The quantitative estimate of drug-likeness (QED) is 0.0368. The van der Waals surface area contributed by atoms with Crippen molar-refractivity contribution in [1.82, 2.24) is 36.8 Å². The number of carboxylic acid groups (broad SMARTS) is 2. The van der Waals surface area contributed by atoms with Gasteiger partial charge in [0.2, 0.25) is 35.4 Å². The number of nitrogens with two attached hydrogens (primary N) is 2. The molecule has 0 saturated carbocycles. The SMILES string of the molecule is C=C1C(=O)N[C@H](C)C(=O)N[C@@H](CCc2ccc(O)cc2)C(=O)N[C@@H](C(=O)O)CC(=O)N[C@@H](CCCN=C(N)N)C(=O)N[C@@H](/C=C/C(C)=C/[C@H](C)[C@@H](O)Cc2ccccc2)[C@H](C)C(=O)N[C@@H](C(=O)O)CCC(=O)N1C. The molecule has 9 atom stereocenters. The first kappa shape index (κ1) is 60.2. The first-order valence-corrected chi connectivity index (χ1v) is 24.0. The summed E-state index contributed by atoms with van der Waals surface area (Å²) >= 11 is 0. The number of likely N-dealkylation sites (N-methyl/N-ethyl adjacent to an activating group) is 1. The van der Waals surface area contributed by atoms with Crippen LogP contribution in [0.15, 0.2) is 95.7 Å². The van der Waals surface area contributed by atoms with E-state index in [1.807, 2.05) is 37.3 Å². The van der Waals surface area contributed by atoms with Gasteiger partial charge in [0.25, 0.3) is 5.91 Å². The van der Waals surface area contributed by atoms with Gasteiger partial charge in [-0.25, -0.2) is 9.59 Å². The zero-order chi connectivity index (χ0) is 55.2. The molecule has 2 aromatic carbocycles. The first-order valence-electron chi connectivity index (χ1n) is 24.0. The van der Waals surface area contributed by atoms with E-state index in [2.05, 4.69) is 43.5 Å². The minimum absolute atomic E-state index is 0.00123. The fourth-order valence-corrected chi connectivity index (χ4v) is 7.51. The summed E-state index contributed by atoms with van der Waals surface area (Å²) in [5.41, 5.74) is 12.7. The molecule has 14 N–H and O–H groups in total. The highest BCUT2D eigenvalue weighted by atomic mass is 16.4. The monoisotopic (exact) mass is 1030 g/mol. The second-order valence-corrected chi connectivity index (χ2v) is 18.2. The average Bonchev–Trinajstić information content (AvgIpc) is 3.35. The fraction of sp³-hybridized carbons (Fsp3) is 0.451. The van der Waals surface area contributed by atoms with Crippen molar-refractivity contribution in [2.24, 2.45) is 28.3 Å². The summed E-state index contributed by atoms with van der Waals surface area (Å²) < 4.78 is 0. The van der Waals surface area contributed by atoms with Crippen molar-refractivity contribution in [3.8, 4) is 5.75 Å². The van der Waals surface area contributed by atoms with Crippen LogP contribution < -0.4 is 43.4 Å². The topological polar surface area (TPSA) is 374 Å². The Bertz CT molecular complexity index is 2420. The summed E-state index contributed by atoms with van der Waals surface area (Å²) in [7, 11) is 1.19. The maximum atomic E-state index is 14.3. The molecule has 0 aliphatic carbocycles. The summed E-state index contributed by atoms with van der Waals surface area (Å²) in [4.78, 5) is 126. The number of carboxylic acids is 2. The fourth-order valence-electron chi connectivity index (χ4n) is 7.51. The Labute approximate surface area is 429 Å². The van der Waals surface area contributed by atoms with Gasteiger partial charge >= 0.3 is 11.9 Å². The molecule has 74 heavy (non-hydrogen) atoms. The van der Waals surface area contributed by atoms with Gasteiger partial charge in [0, 0.05) is 25.9 Å². The number of rotatable bonds is 15. The number of nitrogens with one attached hydrogen (secondary N) is 6. The van der Waals surface area contributed by atoms with Gasteiger partial charge in [-0.1, -0.05) is 86.7 Å². The lowest BCUT2D eigenvalue weighted by Gasteiger charge is -2.27. The van der Waals surface area contributed by atoms with Gasteiger partial charge in [-0.2, -0.15) is 0 Å². The van der Waals surface area contributed by atoms with Gasteiger partial charge in [-0.05, 0) is 75.6 Å². The van der Waals surface area contributed by atoms with Crippen molar-refractivity contribution in [2.45, 2.75) is 121 Å². The molecule has 3 rings (SSSR count). The summed E-state index contributed by atoms with van der Waals surface area (Å²) in [6, 6.07) is 6.17. The van der Waals surface area contributed by atoms with E-state index in [0.717, 1.165) is 10.5 Å². The number of hydrogen-bond acceptors (Lipinski definition) is 12. The van der Waals surface area contributed by atoms with Crippen LogP contribution in [0, 0.1) is 11.8 Å². The molecule has 2 aromatic rings. The lowest BCUT2D eigenvalue weighted by molar-refractivity contribution is -0.144. The predicted octanol–water partition coefficient (Wildman–Crippen LogP) is 0.0106. The van der Waals surface area contributed by atoms with E-state index in [0.29, 0.717) is 17.6 Å². The van der Waals surface area contributed by atoms with Crippen molar-refractivity contribution in [3.05, 3.63) is 102 Å². The number of aromatic hydroxyl groups is 1. The molecule has 23 nitrogen and oxygen atoms in total. The van der Waals surface area contributed by atoms with Gasteiger partial charge < -0.3 is 68.7 Å². The summed E-state index contributed by atoms with van der Waals surface area (Å²) in [6.45, 7) is 9.82. The number of aliphatic hydroxyl groups excluding tert-OH is 1. The highest BCUT2D eigenvalue weighted by Crippen LogP contribution is 2.18. The smallest absolute Gasteiger partial charge is 0.326 e. The second kappa shape index (κ2) is 29.4. The van der Waals surface area contributed by atoms with Gasteiger partial charge in [-0.3, -0.25) is 38.6 Å². The number of aliphatic carboxylic acids is 2. The van der Waals surface area contributed by atoms with Crippen molar-refractivity contribution in [3.63, 3.8) is 0 Å². The molecule has 7 amide bonds. The number of carbonyl (C=O) groups is 9. The van der Waals surface area contributed by atoms with Crippen molar-refractivity contribution < 1.29 is 63.6 Å². The largest absolute Gasteiger partial charge is 0.508 e. The van der Waals surface area contributed by atoms with Crippen LogP contribution >= 0.6 is 0 Å². The molecule has 1 heterocycles. The Morgan fingerprint density at radius 3 is 2.04 bits per heavy atom. The van der Waals surface area contributed by atoms with E-state index >= 15 is 0 Å².